The van der Waals surface area contributed by atoms with Gasteiger partial charge in [-0.3, -0.25) is 0 Å². The Hall–Kier alpha value is -1.56. The van der Waals surface area contributed by atoms with E-state index in [0.717, 1.165) is 24.5 Å². The van der Waals surface area contributed by atoms with Crippen LogP contribution in [0.15, 0.2) is 0 Å². The minimum absolute atomic E-state index is 0.222. The highest BCUT2D eigenvalue weighted by molar-refractivity contribution is 5.58. The van der Waals surface area contributed by atoms with Crippen LogP contribution in [0.4, 0.5) is 17.6 Å². The van der Waals surface area contributed by atoms with E-state index in [9.17, 15) is 0 Å². The maximum Gasteiger partial charge on any atom is 0.223 e. The minimum Gasteiger partial charge on any atom is -0.383 e. The average molecular weight is 209 g/mol. The van der Waals surface area contributed by atoms with Gasteiger partial charge in [0.1, 0.15) is 11.6 Å². The Morgan fingerprint density at radius 1 is 1.20 bits per heavy atom. The maximum absolute atomic E-state index is 5.74. The normalized spacial score (nSPS) is 16.7. The summed E-state index contributed by atoms with van der Waals surface area (Å²) < 4.78 is 5.27. The first-order chi connectivity index (χ1) is 7.18. The molecule has 4 N–H and O–H groups in total. The summed E-state index contributed by atoms with van der Waals surface area (Å²) in [4.78, 5) is 10.2. The molecule has 0 amide bonds. The summed E-state index contributed by atoms with van der Waals surface area (Å²) in [6.45, 7) is 4.96. The lowest BCUT2D eigenvalue weighted by atomic mass is 10.2. The van der Waals surface area contributed by atoms with E-state index >= 15 is 0 Å². The lowest BCUT2D eigenvalue weighted by Gasteiger charge is -2.29. The zero-order valence-corrected chi connectivity index (χ0v) is 8.73. The molecule has 6 heteroatoms. The minimum atomic E-state index is 0.222. The van der Waals surface area contributed by atoms with E-state index in [2.05, 4.69) is 14.9 Å². The van der Waals surface area contributed by atoms with E-state index in [1.54, 1.807) is 0 Å². The highest BCUT2D eigenvalue weighted by Gasteiger charge is 2.17. The van der Waals surface area contributed by atoms with E-state index in [-0.39, 0.29) is 5.95 Å². The molecule has 0 atom stereocenters. The third-order valence-corrected chi connectivity index (χ3v) is 2.49. The van der Waals surface area contributed by atoms with Crippen molar-refractivity contribution in [2.75, 3.05) is 42.7 Å². The van der Waals surface area contributed by atoms with Gasteiger partial charge in [-0.15, -0.1) is 0 Å². The van der Waals surface area contributed by atoms with Crippen molar-refractivity contribution < 1.29 is 4.74 Å². The van der Waals surface area contributed by atoms with Crippen molar-refractivity contribution in [2.45, 2.75) is 6.92 Å². The van der Waals surface area contributed by atoms with E-state index in [1.807, 2.05) is 6.92 Å². The van der Waals surface area contributed by atoms with Crippen LogP contribution in [0.1, 0.15) is 5.56 Å². The van der Waals surface area contributed by atoms with Crippen molar-refractivity contribution in [3.63, 3.8) is 0 Å². The van der Waals surface area contributed by atoms with Crippen LogP contribution in [0.3, 0.4) is 0 Å². The van der Waals surface area contributed by atoms with Crippen LogP contribution in [0.25, 0.3) is 0 Å². The van der Waals surface area contributed by atoms with Gasteiger partial charge in [-0.1, -0.05) is 0 Å². The second-order valence-corrected chi connectivity index (χ2v) is 3.52. The van der Waals surface area contributed by atoms with Crippen molar-refractivity contribution in [1.29, 1.82) is 0 Å². The summed E-state index contributed by atoms with van der Waals surface area (Å²) >= 11 is 0. The Morgan fingerprint density at radius 3 is 2.53 bits per heavy atom. The Bertz CT molecular complexity index is 362. The van der Waals surface area contributed by atoms with E-state index in [1.165, 1.54) is 0 Å². The Labute approximate surface area is 88.2 Å². The van der Waals surface area contributed by atoms with Crippen LogP contribution in [0.5, 0.6) is 0 Å². The lowest BCUT2D eigenvalue weighted by Crippen LogP contribution is -2.37. The van der Waals surface area contributed by atoms with Gasteiger partial charge in [0.15, 0.2) is 0 Å². The smallest absolute Gasteiger partial charge is 0.223 e. The molecule has 0 spiro atoms. The fraction of sp³-hybridized carbons (Fsp3) is 0.556. The molecule has 0 aromatic carbocycles. The molecular formula is C9H15N5O. The molecule has 1 aliphatic heterocycles. The number of rotatable bonds is 1. The molecule has 0 bridgehead atoms. The van der Waals surface area contributed by atoms with Gasteiger partial charge >= 0.3 is 0 Å². The summed E-state index contributed by atoms with van der Waals surface area (Å²) in [6, 6.07) is 0. The van der Waals surface area contributed by atoms with Gasteiger partial charge < -0.3 is 21.1 Å². The van der Waals surface area contributed by atoms with Gasteiger partial charge in [0, 0.05) is 18.7 Å². The summed E-state index contributed by atoms with van der Waals surface area (Å²) in [7, 11) is 0. The van der Waals surface area contributed by atoms with Crippen LogP contribution < -0.4 is 16.4 Å². The predicted molar refractivity (Wildman–Crippen MR) is 58.6 cm³/mol. The summed E-state index contributed by atoms with van der Waals surface area (Å²) in [5.74, 6) is 1.49. The average Bonchev–Trinajstić information content (AvgIpc) is 2.24. The van der Waals surface area contributed by atoms with Crippen LogP contribution in [-0.2, 0) is 4.74 Å². The van der Waals surface area contributed by atoms with Gasteiger partial charge in [-0.2, -0.15) is 9.97 Å². The van der Waals surface area contributed by atoms with Gasteiger partial charge in [0.25, 0.3) is 0 Å². The first-order valence-electron chi connectivity index (χ1n) is 4.91. The summed E-state index contributed by atoms with van der Waals surface area (Å²) in [5, 5.41) is 0. The molecule has 0 radical (unpaired) electrons. The fourth-order valence-electron chi connectivity index (χ4n) is 1.62. The maximum atomic E-state index is 5.74. The van der Waals surface area contributed by atoms with Crippen molar-refractivity contribution in [3.05, 3.63) is 5.56 Å². The van der Waals surface area contributed by atoms with E-state index in [4.69, 9.17) is 16.2 Å². The highest BCUT2D eigenvalue weighted by Crippen LogP contribution is 2.22. The Kier molecular flexibility index (Phi) is 2.59. The Balaban J connectivity index is 2.33. The first kappa shape index (κ1) is 9.97. The van der Waals surface area contributed by atoms with E-state index in [0.29, 0.717) is 19.0 Å². The van der Waals surface area contributed by atoms with Crippen molar-refractivity contribution >= 4 is 17.6 Å². The molecule has 0 saturated carbocycles. The molecule has 1 aromatic heterocycles. The largest absolute Gasteiger partial charge is 0.383 e. The number of nitrogens with two attached hydrogens (primary N) is 2. The number of anilines is 3. The second kappa shape index (κ2) is 3.90. The molecule has 0 unspecified atom stereocenters. The molecule has 1 saturated heterocycles. The number of hydrogen-bond donors (Lipinski definition) is 2. The van der Waals surface area contributed by atoms with Gasteiger partial charge in [0.2, 0.25) is 5.95 Å². The van der Waals surface area contributed by atoms with Crippen LogP contribution in [0, 0.1) is 6.92 Å². The number of nitrogens with zero attached hydrogens (tertiary/aromatic N) is 3. The molecule has 0 aliphatic carbocycles. The Morgan fingerprint density at radius 2 is 1.87 bits per heavy atom. The second-order valence-electron chi connectivity index (χ2n) is 3.52. The van der Waals surface area contributed by atoms with E-state index < -0.39 is 0 Å². The van der Waals surface area contributed by atoms with Crippen LogP contribution >= 0.6 is 0 Å². The third kappa shape index (κ3) is 1.94. The monoisotopic (exact) mass is 209 g/mol. The SMILES string of the molecule is Cc1c(N)nc(N)nc1N1CCOCC1. The molecule has 1 fully saturated rings. The molecule has 1 aliphatic rings. The molecular weight excluding hydrogens is 194 g/mol. The molecule has 1 aromatic rings. The summed E-state index contributed by atoms with van der Waals surface area (Å²) in [6.07, 6.45) is 0. The quantitative estimate of drug-likeness (QED) is 0.665. The molecule has 6 nitrogen and oxygen atoms in total. The third-order valence-electron chi connectivity index (χ3n) is 2.49. The zero-order valence-electron chi connectivity index (χ0n) is 8.73. The zero-order chi connectivity index (χ0) is 10.8. The van der Waals surface area contributed by atoms with Gasteiger partial charge in [-0.05, 0) is 6.92 Å². The van der Waals surface area contributed by atoms with Crippen LogP contribution in [0.2, 0.25) is 0 Å². The number of aromatic nitrogens is 2. The topological polar surface area (TPSA) is 90.3 Å². The van der Waals surface area contributed by atoms with Crippen molar-refractivity contribution in [3.8, 4) is 0 Å². The standard InChI is InChI=1S/C9H15N5O/c1-6-7(10)12-9(11)13-8(6)14-2-4-15-5-3-14/h2-5H2,1H3,(H4,10,11,12,13). The molecule has 82 valence electrons. The molecule has 15 heavy (non-hydrogen) atoms. The number of nitrogen functional groups attached to an aromatic ring is 2. The lowest BCUT2D eigenvalue weighted by molar-refractivity contribution is 0.122. The van der Waals surface area contributed by atoms with Gasteiger partial charge in [0.05, 0.1) is 13.2 Å². The molecule has 2 heterocycles. The van der Waals surface area contributed by atoms with Crippen molar-refractivity contribution in [1.82, 2.24) is 9.97 Å². The molecule has 2 rings (SSSR count). The fourth-order valence-corrected chi connectivity index (χ4v) is 1.62. The van der Waals surface area contributed by atoms with Crippen molar-refractivity contribution in [2.24, 2.45) is 0 Å². The first-order valence-corrected chi connectivity index (χ1v) is 4.91. The van der Waals surface area contributed by atoms with Gasteiger partial charge in [-0.25, -0.2) is 0 Å². The number of hydrogen-bond acceptors (Lipinski definition) is 6. The predicted octanol–water partition coefficient (Wildman–Crippen LogP) is -0.214. The highest BCUT2D eigenvalue weighted by atomic mass is 16.5. The summed E-state index contributed by atoms with van der Waals surface area (Å²) in [5.41, 5.74) is 12.2. The number of morpholine rings is 1. The number of ether oxygens (including phenoxy) is 1. The van der Waals surface area contributed by atoms with Crippen LogP contribution in [-0.4, -0.2) is 36.3 Å².